The van der Waals surface area contributed by atoms with Crippen molar-refractivity contribution in [2.24, 2.45) is 0 Å². The van der Waals surface area contributed by atoms with E-state index in [0.717, 1.165) is 25.7 Å². The quantitative estimate of drug-likeness (QED) is 0.133. The molecule has 28 heavy (non-hydrogen) atoms. The number of nitrogens with one attached hydrogen (secondary N) is 1. The summed E-state index contributed by atoms with van der Waals surface area (Å²) >= 11 is 0. The summed E-state index contributed by atoms with van der Waals surface area (Å²) in [5.74, 6) is -0.0350. The van der Waals surface area contributed by atoms with Crippen molar-refractivity contribution in [3.8, 4) is 0 Å². The fourth-order valence-corrected chi connectivity index (χ4v) is 3.28. The van der Waals surface area contributed by atoms with Gasteiger partial charge in [-0.25, -0.2) is 0 Å². The molecular formula is C25H49NO2. The molecule has 1 N–H and O–H groups in total. The molecule has 0 aliphatic rings. The van der Waals surface area contributed by atoms with Crippen LogP contribution in [0.15, 0.2) is 12.2 Å². The normalized spacial score (nSPS) is 13.7. The fraction of sp³-hybridized carbons (Fsp3) is 0.880. The molecule has 0 spiro atoms. The molecule has 0 aromatic rings. The van der Waals surface area contributed by atoms with Gasteiger partial charge in [0.1, 0.15) is 0 Å². The molecule has 0 aliphatic carbocycles. The van der Waals surface area contributed by atoms with E-state index >= 15 is 0 Å². The zero-order valence-electron chi connectivity index (χ0n) is 19.5. The number of hydrogen-bond acceptors (Lipinski definition) is 3. The third-order valence-corrected chi connectivity index (χ3v) is 5.94. The lowest BCUT2D eigenvalue weighted by molar-refractivity contribution is -0.144. The number of allylic oxidation sites excluding steroid dienone is 2. The lowest BCUT2D eigenvalue weighted by Crippen LogP contribution is -2.40. The van der Waals surface area contributed by atoms with Crippen LogP contribution < -0.4 is 5.32 Å². The first kappa shape index (κ1) is 27.2. The van der Waals surface area contributed by atoms with E-state index in [1.807, 2.05) is 7.05 Å². The summed E-state index contributed by atoms with van der Waals surface area (Å²) in [6, 6.07) is 0. The van der Waals surface area contributed by atoms with Gasteiger partial charge in [-0.3, -0.25) is 4.79 Å². The third-order valence-electron chi connectivity index (χ3n) is 5.94. The second-order valence-electron chi connectivity index (χ2n) is 8.47. The lowest BCUT2D eigenvalue weighted by atomic mass is 9.95. The van der Waals surface area contributed by atoms with Gasteiger partial charge in [0.05, 0.1) is 6.61 Å². The number of ether oxygens (including phenoxy) is 1. The number of carbonyl (C=O) groups is 1. The van der Waals surface area contributed by atoms with Crippen molar-refractivity contribution in [3.63, 3.8) is 0 Å². The summed E-state index contributed by atoms with van der Waals surface area (Å²) in [5, 5.41) is 3.31. The highest BCUT2D eigenvalue weighted by Crippen LogP contribution is 2.14. The summed E-state index contributed by atoms with van der Waals surface area (Å²) in [5.41, 5.74) is 0.0728. The van der Waals surface area contributed by atoms with E-state index in [4.69, 9.17) is 4.74 Å². The molecule has 1 unspecified atom stereocenters. The van der Waals surface area contributed by atoms with E-state index in [2.05, 4.69) is 38.2 Å². The molecule has 0 bridgehead atoms. The molecule has 1 atom stereocenters. The predicted octanol–water partition coefficient (Wildman–Crippen LogP) is 7.35. The number of carbonyl (C=O) groups excluding carboxylic acids is 1. The van der Waals surface area contributed by atoms with Crippen LogP contribution in [0, 0.1) is 0 Å². The maximum absolute atomic E-state index is 11.8. The Kier molecular flexibility index (Phi) is 18.9. The molecular weight excluding hydrogens is 346 g/mol. The van der Waals surface area contributed by atoms with Gasteiger partial charge in [0, 0.05) is 12.0 Å². The summed E-state index contributed by atoms with van der Waals surface area (Å²) in [6.45, 7) is 7.12. The van der Waals surface area contributed by atoms with Crippen molar-refractivity contribution in [1.82, 2.24) is 5.32 Å². The Morgan fingerprint density at radius 1 is 0.857 bits per heavy atom. The van der Waals surface area contributed by atoms with E-state index < -0.39 is 0 Å². The number of hydrogen-bond donors (Lipinski definition) is 1. The molecule has 0 aromatic carbocycles. The van der Waals surface area contributed by atoms with Crippen molar-refractivity contribution >= 4 is 5.97 Å². The minimum absolute atomic E-state index is 0.0350. The predicted molar refractivity (Wildman–Crippen MR) is 123 cm³/mol. The van der Waals surface area contributed by atoms with Crippen LogP contribution in [-0.2, 0) is 9.53 Å². The van der Waals surface area contributed by atoms with Crippen LogP contribution in [0.3, 0.4) is 0 Å². The van der Waals surface area contributed by atoms with Gasteiger partial charge in [0.2, 0.25) is 0 Å². The van der Waals surface area contributed by atoms with E-state index in [1.165, 1.54) is 70.6 Å². The van der Waals surface area contributed by atoms with Crippen LogP contribution in [0.5, 0.6) is 0 Å². The third kappa shape index (κ3) is 17.3. The Hall–Kier alpha value is -0.830. The summed E-state index contributed by atoms with van der Waals surface area (Å²) < 4.78 is 5.37. The topological polar surface area (TPSA) is 38.3 Å². The van der Waals surface area contributed by atoms with Crippen LogP contribution in [0.4, 0.5) is 0 Å². The number of esters is 1. The average molecular weight is 396 g/mol. The Morgan fingerprint density at radius 3 is 1.93 bits per heavy atom. The Bertz CT molecular complexity index is 375. The van der Waals surface area contributed by atoms with Crippen molar-refractivity contribution in [1.29, 1.82) is 0 Å². The molecule has 3 nitrogen and oxygen atoms in total. The van der Waals surface area contributed by atoms with E-state index in [9.17, 15) is 4.79 Å². The maximum atomic E-state index is 11.8. The second kappa shape index (κ2) is 19.5. The van der Waals surface area contributed by atoms with Crippen molar-refractivity contribution < 1.29 is 9.53 Å². The van der Waals surface area contributed by atoms with Crippen LogP contribution >= 0.6 is 0 Å². The maximum Gasteiger partial charge on any atom is 0.305 e. The van der Waals surface area contributed by atoms with Crippen molar-refractivity contribution in [2.45, 2.75) is 129 Å². The fourth-order valence-electron chi connectivity index (χ4n) is 3.28. The Labute approximate surface area is 176 Å². The van der Waals surface area contributed by atoms with Gasteiger partial charge in [0.15, 0.2) is 0 Å². The first-order valence-electron chi connectivity index (χ1n) is 12.1. The van der Waals surface area contributed by atoms with Crippen LogP contribution in [0.2, 0.25) is 0 Å². The first-order chi connectivity index (χ1) is 13.6. The summed E-state index contributed by atoms with van der Waals surface area (Å²) in [6.07, 6.45) is 23.8. The van der Waals surface area contributed by atoms with Crippen LogP contribution in [-0.4, -0.2) is 25.2 Å². The molecule has 0 saturated heterocycles. The molecule has 0 radical (unpaired) electrons. The van der Waals surface area contributed by atoms with Crippen molar-refractivity contribution in [2.75, 3.05) is 13.7 Å². The molecule has 3 heteroatoms. The van der Waals surface area contributed by atoms with Gasteiger partial charge in [-0.15, -0.1) is 0 Å². The largest absolute Gasteiger partial charge is 0.466 e. The minimum atomic E-state index is -0.0350. The van der Waals surface area contributed by atoms with Gasteiger partial charge >= 0.3 is 5.97 Å². The molecule has 0 heterocycles. The van der Waals surface area contributed by atoms with Crippen LogP contribution in [0.25, 0.3) is 0 Å². The van der Waals surface area contributed by atoms with Gasteiger partial charge in [-0.2, -0.15) is 0 Å². The smallest absolute Gasteiger partial charge is 0.305 e. The molecule has 0 aromatic heterocycles. The SMILES string of the molecule is CCCCCCCCC=CCCCCCCCC(=O)OCCC(C)(CC)NC. The Balaban J connectivity index is 3.36. The number of rotatable bonds is 20. The Morgan fingerprint density at radius 2 is 1.39 bits per heavy atom. The molecule has 0 rings (SSSR count). The highest BCUT2D eigenvalue weighted by molar-refractivity contribution is 5.69. The zero-order chi connectivity index (χ0) is 20.9. The zero-order valence-corrected chi connectivity index (χ0v) is 19.5. The highest BCUT2D eigenvalue weighted by Gasteiger charge is 2.19. The van der Waals surface area contributed by atoms with Gasteiger partial charge in [-0.1, -0.05) is 77.4 Å². The number of unbranched alkanes of at least 4 members (excludes halogenated alkanes) is 11. The molecule has 0 amide bonds. The van der Waals surface area contributed by atoms with E-state index in [-0.39, 0.29) is 11.5 Å². The van der Waals surface area contributed by atoms with Crippen LogP contribution in [0.1, 0.15) is 124 Å². The van der Waals surface area contributed by atoms with Gasteiger partial charge < -0.3 is 10.1 Å². The second-order valence-corrected chi connectivity index (χ2v) is 8.47. The molecule has 166 valence electrons. The van der Waals surface area contributed by atoms with E-state index in [1.54, 1.807) is 0 Å². The molecule has 0 aliphatic heterocycles. The summed E-state index contributed by atoms with van der Waals surface area (Å²) in [7, 11) is 1.97. The van der Waals surface area contributed by atoms with E-state index in [0.29, 0.717) is 13.0 Å². The standard InChI is InChI=1S/C25H49NO2/c1-5-7-8-9-10-11-12-13-14-15-16-17-18-19-20-21-24(27)28-23-22-25(3,6-2)26-4/h13-14,26H,5-12,15-23H2,1-4H3. The molecule has 0 fully saturated rings. The first-order valence-corrected chi connectivity index (χ1v) is 12.1. The molecule has 0 saturated carbocycles. The van der Waals surface area contributed by atoms with Gasteiger partial charge in [-0.05, 0) is 58.9 Å². The van der Waals surface area contributed by atoms with Gasteiger partial charge in [0.25, 0.3) is 0 Å². The summed E-state index contributed by atoms with van der Waals surface area (Å²) in [4.78, 5) is 11.8. The lowest BCUT2D eigenvalue weighted by Gasteiger charge is -2.27. The highest BCUT2D eigenvalue weighted by atomic mass is 16.5. The minimum Gasteiger partial charge on any atom is -0.466 e. The monoisotopic (exact) mass is 395 g/mol. The average Bonchev–Trinajstić information content (AvgIpc) is 2.70. The van der Waals surface area contributed by atoms with Crippen molar-refractivity contribution in [3.05, 3.63) is 12.2 Å².